The highest BCUT2D eigenvalue weighted by Gasteiger charge is 2.42. The third-order valence-electron chi connectivity index (χ3n) is 5.50. The molecule has 26 heavy (non-hydrogen) atoms. The van der Waals surface area contributed by atoms with E-state index in [1.54, 1.807) is 22.7 Å². The van der Waals surface area contributed by atoms with Gasteiger partial charge >= 0.3 is 0 Å². The minimum Gasteiger partial charge on any atom is -0.381 e. The van der Waals surface area contributed by atoms with Gasteiger partial charge in [0.1, 0.15) is 0 Å². The fraction of sp³-hybridized carbons (Fsp3) is 0.556. The molecular formula is C18H23N3O3S2. The Balaban J connectivity index is 1.39. The van der Waals surface area contributed by atoms with E-state index in [0.717, 1.165) is 14.3 Å². The maximum atomic E-state index is 13.0. The molecule has 0 bridgehead atoms. The number of thiophene rings is 2. The van der Waals surface area contributed by atoms with Crippen molar-refractivity contribution >= 4 is 43.9 Å². The molecule has 0 unspecified atom stereocenters. The molecule has 2 aromatic rings. The van der Waals surface area contributed by atoms with Gasteiger partial charge in [-0.2, -0.15) is 0 Å². The van der Waals surface area contributed by atoms with E-state index >= 15 is 0 Å². The van der Waals surface area contributed by atoms with Crippen LogP contribution in [0, 0.1) is 5.41 Å². The van der Waals surface area contributed by atoms with Crippen molar-refractivity contribution in [3.63, 3.8) is 0 Å². The van der Waals surface area contributed by atoms with E-state index in [1.165, 1.54) is 0 Å². The second-order valence-corrected chi connectivity index (χ2v) is 8.97. The summed E-state index contributed by atoms with van der Waals surface area (Å²) in [6.07, 6.45) is 1.38. The minimum absolute atomic E-state index is 0.0742. The van der Waals surface area contributed by atoms with Gasteiger partial charge in [0.15, 0.2) is 0 Å². The topological polar surface area (TPSA) is 75.9 Å². The lowest BCUT2D eigenvalue weighted by molar-refractivity contribution is -0.148. The van der Waals surface area contributed by atoms with Crippen LogP contribution in [0.5, 0.6) is 0 Å². The highest BCUT2D eigenvalue weighted by molar-refractivity contribution is 7.27. The van der Waals surface area contributed by atoms with Crippen LogP contribution in [-0.4, -0.2) is 67.6 Å². The Morgan fingerprint density at radius 1 is 1.12 bits per heavy atom. The predicted molar refractivity (Wildman–Crippen MR) is 104 cm³/mol. The van der Waals surface area contributed by atoms with Gasteiger partial charge < -0.3 is 20.3 Å². The molecule has 2 aliphatic rings. The molecule has 4 rings (SSSR count). The number of hydrogen-bond donors (Lipinski definition) is 1. The molecule has 140 valence electrons. The van der Waals surface area contributed by atoms with Crippen LogP contribution in [0.25, 0.3) is 9.40 Å². The van der Waals surface area contributed by atoms with Gasteiger partial charge in [-0.25, -0.2) is 0 Å². The highest BCUT2D eigenvalue weighted by atomic mass is 32.1. The maximum absolute atomic E-state index is 13.0. The smallest absolute Gasteiger partial charge is 0.264 e. The molecule has 6 nitrogen and oxygen atoms in total. The van der Waals surface area contributed by atoms with Crippen molar-refractivity contribution in [3.8, 4) is 0 Å². The molecule has 2 saturated heterocycles. The summed E-state index contributed by atoms with van der Waals surface area (Å²) in [5, 5.41) is 2.05. The summed E-state index contributed by atoms with van der Waals surface area (Å²) in [5.41, 5.74) is 5.48. The van der Waals surface area contributed by atoms with Crippen molar-refractivity contribution in [1.29, 1.82) is 0 Å². The summed E-state index contributed by atoms with van der Waals surface area (Å²) in [4.78, 5) is 30.3. The lowest BCUT2D eigenvalue weighted by atomic mass is 9.78. The summed E-state index contributed by atoms with van der Waals surface area (Å²) in [7, 11) is 0. The van der Waals surface area contributed by atoms with Crippen LogP contribution in [0.1, 0.15) is 22.5 Å². The number of piperazine rings is 1. The van der Waals surface area contributed by atoms with E-state index in [9.17, 15) is 9.59 Å². The Bertz CT molecular complexity index is 773. The first-order valence-corrected chi connectivity index (χ1v) is 10.7. The fourth-order valence-corrected chi connectivity index (χ4v) is 5.82. The van der Waals surface area contributed by atoms with Crippen molar-refractivity contribution in [2.24, 2.45) is 11.1 Å². The van der Waals surface area contributed by atoms with E-state index in [0.29, 0.717) is 58.8 Å². The van der Waals surface area contributed by atoms with Crippen molar-refractivity contribution in [1.82, 2.24) is 9.80 Å². The average molecular weight is 394 g/mol. The number of carbonyl (C=O) groups is 2. The van der Waals surface area contributed by atoms with Gasteiger partial charge in [0.25, 0.3) is 5.91 Å². The molecule has 2 amide bonds. The van der Waals surface area contributed by atoms with Crippen LogP contribution in [-0.2, 0) is 9.53 Å². The third kappa shape index (κ3) is 3.15. The van der Waals surface area contributed by atoms with Crippen molar-refractivity contribution in [3.05, 3.63) is 22.4 Å². The molecule has 0 aliphatic carbocycles. The molecule has 0 radical (unpaired) electrons. The fourth-order valence-electron chi connectivity index (χ4n) is 3.74. The predicted octanol–water partition coefficient (Wildman–Crippen LogP) is 2.00. The Morgan fingerprint density at radius 2 is 1.81 bits per heavy atom. The lowest BCUT2D eigenvalue weighted by Crippen LogP contribution is -2.57. The van der Waals surface area contributed by atoms with Gasteiger partial charge in [0.2, 0.25) is 5.91 Å². The summed E-state index contributed by atoms with van der Waals surface area (Å²) in [6, 6.07) is 4.04. The van der Waals surface area contributed by atoms with Crippen LogP contribution < -0.4 is 5.73 Å². The van der Waals surface area contributed by atoms with Crippen molar-refractivity contribution in [2.75, 3.05) is 45.9 Å². The summed E-state index contributed by atoms with van der Waals surface area (Å²) >= 11 is 3.21. The summed E-state index contributed by atoms with van der Waals surface area (Å²) in [5.74, 6) is 0.206. The summed E-state index contributed by atoms with van der Waals surface area (Å²) < 4.78 is 7.73. The molecule has 2 fully saturated rings. The van der Waals surface area contributed by atoms with Crippen LogP contribution in [0.2, 0.25) is 0 Å². The Kier molecular flexibility index (Phi) is 5.00. The molecule has 0 atom stereocenters. The van der Waals surface area contributed by atoms with Gasteiger partial charge in [-0.1, -0.05) is 0 Å². The third-order valence-corrected chi connectivity index (χ3v) is 7.58. The zero-order valence-electron chi connectivity index (χ0n) is 14.6. The SMILES string of the molecule is NCC1(C(=O)N2CCN(C(=O)c3cc4sccc4s3)CC2)CCOCC1. The molecule has 2 N–H and O–H groups in total. The molecule has 2 aliphatic heterocycles. The summed E-state index contributed by atoms with van der Waals surface area (Å²) in [6.45, 7) is 3.86. The van der Waals surface area contributed by atoms with E-state index in [-0.39, 0.29) is 11.8 Å². The molecular weight excluding hydrogens is 370 g/mol. The van der Waals surface area contributed by atoms with Crippen LogP contribution in [0.3, 0.4) is 0 Å². The Labute approximate surface area is 160 Å². The number of amides is 2. The number of nitrogens with two attached hydrogens (primary N) is 1. The van der Waals surface area contributed by atoms with Crippen molar-refractivity contribution in [2.45, 2.75) is 12.8 Å². The Hall–Kier alpha value is -1.48. The second kappa shape index (κ2) is 7.26. The van der Waals surface area contributed by atoms with Gasteiger partial charge in [0, 0.05) is 55.3 Å². The minimum atomic E-state index is -0.484. The van der Waals surface area contributed by atoms with Crippen LogP contribution in [0.4, 0.5) is 0 Å². The number of carbonyl (C=O) groups excluding carboxylic acids is 2. The normalized spacial score (nSPS) is 20.5. The van der Waals surface area contributed by atoms with Crippen LogP contribution in [0.15, 0.2) is 17.5 Å². The molecule has 8 heteroatoms. The number of hydrogen-bond acceptors (Lipinski definition) is 6. The monoisotopic (exact) mass is 393 g/mol. The van der Waals surface area contributed by atoms with Gasteiger partial charge in [-0.15, -0.1) is 22.7 Å². The number of fused-ring (bicyclic) bond motifs is 1. The average Bonchev–Trinajstić information content (AvgIpc) is 3.30. The molecule has 2 aromatic heterocycles. The molecule has 0 spiro atoms. The molecule has 4 heterocycles. The lowest BCUT2D eigenvalue weighted by Gasteiger charge is -2.42. The van der Waals surface area contributed by atoms with Crippen molar-refractivity contribution < 1.29 is 14.3 Å². The largest absolute Gasteiger partial charge is 0.381 e. The molecule has 0 aromatic carbocycles. The van der Waals surface area contributed by atoms with E-state index in [1.807, 2.05) is 21.2 Å². The van der Waals surface area contributed by atoms with E-state index < -0.39 is 5.41 Å². The number of rotatable bonds is 3. The number of nitrogens with zero attached hydrogens (tertiary/aromatic N) is 2. The quantitative estimate of drug-likeness (QED) is 0.865. The van der Waals surface area contributed by atoms with Gasteiger partial charge in [-0.3, -0.25) is 9.59 Å². The molecule has 0 saturated carbocycles. The first kappa shape index (κ1) is 17.9. The zero-order chi connectivity index (χ0) is 18.1. The van der Waals surface area contributed by atoms with E-state index in [4.69, 9.17) is 10.5 Å². The second-order valence-electron chi connectivity index (χ2n) is 6.94. The standard InChI is InChI=1S/C18H23N3O3S2/c19-12-18(2-8-24-9-3-18)17(23)21-6-4-20(5-7-21)16(22)15-11-14-13(26-15)1-10-25-14/h1,10-11H,2-9,12,19H2. The first-order chi connectivity index (χ1) is 12.6. The van der Waals surface area contributed by atoms with Gasteiger partial charge in [0.05, 0.1) is 10.3 Å². The van der Waals surface area contributed by atoms with Gasteiger partial charge in [-0.05, 0) is 30.4 Å². The van der Waals surface area contributed by atoms with E-state index in [2.05, 4.69) is 6.07 Å². The highest BCUT2D eigenvalue weighted by Crippen LogP contribution is 2.33. The first-order valence-electron chi connectivity index (χ1n) is 8.96. The zero-order valence-corrected chi connectivity index (χ0v) is 16.2. The number of ether oxygens (including phenoxy) is 1. The maximum Gasteiger partial charge on any atom is 0.264 e. The Morgan fingerprint density at radius 3 is 2.46 bits per heavy atom. The van der Waals surface area contributed by atoms with Crippen LogP contribution >= 0.6 is 22.7 Å².